The summed E-state index contributed by atoms with van der Waals surface area (Å²) >= 11 is 0. The number of amides is 1. The molecule has 1 atom stereocenters. The van der Waals surface area contributed by atoms with Gasteiger partial charge in [-0.1, -0.05) is 5.16 Å². The van der Waals surface area contributed by atoms with Crippen LogP contribution in [0.25, 0.3) is 11.3 Å². The summed E-state index contributed by atoms with van der Waals surface area (Å²) in [6.45, 7) is 4.68. The predicted octanol–water partition coefficient (Wildman–Crippen LogP) is 3.10. The van der Waals surface area contributed by atoms with Gasteiger partial charge in [0, 0.05) is 24.6 Å². The van der Waals surface area contributed by atoms with Crippen molar-refractivity contribution in [1.29, 1.82) is 0 Å². The molecule has 0 radical (unpaired) electrons. The Morgan fingerprint density at radius 1 is 1.38 bits per heavy atom. The van der Waals surface area contributed by atoms with E-state index in [9.17, 15) is 14.3 Å². The van der Waals surface area contributed by atoms with Gasteiger partial charge in [0.25, 0.3) is 5.91 Å². The van der Waals surface area contributed by atoms with Crippen molar-refractivity contribution in [1.82, 2.24) is 10.1 Å². The Bertz CT molecular complexity index is 719. The summed E-state index contributed by atoms with van der Waals surface area (Å²) in [5.74, 6) is -0.158. The van der Waals surface area contributed by atoms with Crippen molar-refractivity contribution < 1.29 is 18.8 Å². The molecule has 24 heavy (non-hydrogen) atoms. The van der Waals surface area contributed by atoms with Crippen molar-refractivity contribution in [2.75, 3.05) is 13.1 Å². The van der Waals surface area contributed by atoms with Gasteiger partial charge in [-0.3, -0.25) is 4.79 Å². The van der Waals surface area contributed by atoms with Crippen LogP contribution in [0.2, 0.25) is 0 Å². The van der Waals surface area contributed by atoms with Crippen LogP contribution in [-0.4, -0.2) is 39.8 Å². The van der Waals surface area contributed by atoms with Gasteiger partial charge in [-0.15, -0.1) is 0 Å². The van der Waals surface area contributed by atoms with E-state index in [4.69, 9.17) is 4.52 Å². The van der Waals surface area contributed by atoms with Crippen molar-refractivity contribution in [2.24, 2.45) is 5.92 Å². The minimum Gasteiger partial charge on any atom is -0.390 e. The molecule has 1 aliphatic heterocycles. The van der Waals surface area contributed by atoms with Gasteiger partial charge >= 0.3 is 0 Å². The van der Waals surface area contributed by atoms with E-state index in [1.54, 1.807) is 30.9 Å². The van der Waals surface area contributed by atoms with Crippen LogP contribution in [-0.2, 0) is 0 Å². The van der Waals surface area contributed by atoms with Crippen molar-refractivity contribution in [3.05, 3.63) is 41.8 Å². The molecule has 1 aromatic heterocycles. The van der Waals surface area contributed by atoms with Gasteiger partial charge in [0.15, 0.2) is 5.76 Å². The van der Waals surface area contributed by atoms with Crippen LogP contribution in [0.15, 0.2) is 35.0 Å². The number of benzene rings is 1. The van der Waals surface area contributed by atoms with Gasteiger partial charge in [-0.05, 0) is 51.0 Å². The zero-order valence-electron chi connectivity index (χ0n) is 13.8. The highest BCUT2D eigenvalue weighted by molar-refractivity contribution is 5.99. The maximum Gasteiger partial charge on any atom is 0.259 e. The van der Waals surface area contributed by atoms with E-state index >= 15 is 0 Å². The quantitative estimate of drug-likeness (QED) is 0.938. The van der Waals surface area contributed by atoms with Crippen molar-refractivity contribution in [3.8, 4) is 11.3 Å². The first-order valence-corrected chi connectivity index (χ1v) is 8.08. The fraction of sp³-hybridized carbons (Fsp3) is 0.444. The molecule has 0 unspecified atom stereocenters. The van der Waals surface area contributed by atoms with E-state index in [-0.39, 0.29) is 17.6 Å². The van der Waals surface area contributed by atoms with Gasteiger partial charge < -0.3 is 14.5 Å². The van der Waals surface area contributed by atoms with Crippen LogP contribution in [0.5, 0.6) is 0 Å². The number of hydrogen-bond acceptors (Lipinski definition) is 4. The average Bonchev–Trinajstić information content (AvgIpc) is 3.04. The molecule has 128 valence electrons. The van der Waals surface area contributed by atoms with Gasteiger partial charge in [-0.25, -0.2) is 4.39 Å². The normalized spacial score (nSPS) is 18.7. The number of hydrogen-bond donors (Lipinski definition) is 1. The summed E-state index contributed by atoms with van der Waals surface area (Å²) in [5.41, 5.74) is 0.138. The molecule has 0 bridgehead atoms. The van der Waals surface area contributed by atoms with Crippen molar-refractivity contribution in [2.45, 2.75) is 32.3 Å². The fourth-order valence-corrected chi connectivity index (χ4v) is 3.11. The van der Waals surface area contributed by atoms with Crippen LogP contribution in [0.4, 0.5) is 4.39 Å². The lowest BCUT2D eigenvalue weighted by atomic mass is 9.84. The zero-order chi connectivity index (χ0) is 17.3. The molecule has 3 rings (SSSR count). The lowest BCUT2D eigenvalue weighted by molar-refractivity contribution is -0.0146. The Labute approximate surface area is 140 Å². The number of likely N-dealkylation sites (tertiary alicyclic amines) is 1. The molecule has 1 saturated heterocycles. The molecule has 0 aliphatic carbocycles. The van der Waals surface area contributed by atoms with E-state index in [1.165, 1.54) is 18.3 Å². The van der Waals surface area contributed by atoms with Crippen LogP contribution >= 0.6 is 0 Å². The Kier molecular flexibility index (Phi) is 4.41. The highest BCUT2D eigenvalue weighted by Gasteiger charge is 2.34. The SMILES string of the molecule is CC(C)(O)[C@H]1CCCN(C(=O)c2cnoc2-c2ccc(F)cc2)C1. The monoisotopic (exact) mass is 332 g/mol. The smallest absolute Gasteiger partial charge is 0.259 e. The molecular weight excluding hydrogens is 311 g/mol. The van der Waals surface area contributed by atoms with Gasteiger partial charge in [-0.2, -0.15) is 0 Å². The standard InChI is InChI=1S/C18H21FN2O3/c1-18(2,23)13-4-3-9-21(11-13)17(22)15-10-20-24-16(15)12-5-7-14(19)8-6-12/h5-8,10,13,23H,3-4,9,11H2,1-2H3/t13-/m0/s1. The number of halogens is 1. The first kappa shape index (κ1) is 16.6. The van der Waals surface area contributed by atoms with Gasteiger partial charge in [0.1, 0.15) is 11.4 Å². The van der Waals surface area contributed by atoms with Gasteiger partial charge in [0.05, 0.1) is 11.8 Å². The molecule has 1 aliphatic rings. The molecule has 2 heterocycles. The summed E-state index contributed by atoms with van der Waals surface area (Å²) in [6, 6.07) is 5.75. The minimum atomic E-state index is -0.826. The topological polar surface area (TPSA) is 66.6 Å². The summed E-state index contributed by atoms with van der Waals surface area (Å²) in [5, 5.41) is 14.0. The largest absolute Gasteiger partial charge is 0.390 e. The summed E-state index contributed by atoms with van der Waals surface area (Å²) in [7, 11) is 0. The van der Waals surface area contributed by atoms with E-state index in [1.807, 2.05) is 0 Å². The van der Waals surface area contributed by atoms with E-state index < -0.39 is 5.60 Å². The summed E-state index contributed by atoms with van der Waals surface area (Å²) in [4.78, 5) is 14.6. The molecule has 1 fully saturated rings. The van der Waals surface area contributed by atoms with Crippen LogP contribution < -0.4 is 0 Å². The van der Waals surface area contributed by atoms with Crippen LogP contribution in [0.1, 0.15) is 37.0 Å². The number of aromatic nitrogens is 1. The second-order valence-electron chi connectivity index (χ2n) is 6.82. The predicted molar refractivity (Wildman–Crippen MR) is 86.8 cm³/mol. The minimum absolute atomic E-state index is 0.0318. The van der Waals surface area contributed by atoms with E-state index in [2.05, 4.69) is 5.16 Å². The van der Waals surface area contributed by atoms with E-state index in [0.29, 0.717) is 30.0 Å². The summed E-state index contributed by atoms with van der Waals surface area (Å²) < 4.78 is 18.3. The molecule has 1 amide bonds. The molecular formula is C18H21FN2O3. The fourth-order valence-electron chi connectivity index (χ4n) is 3.11. The number of carbonyl (C=O) groups is 1. The maximum atomic E-state index is 13.1. The molecule has 0 spiro atoms. The number of piperidine rings is 1. The second kappa shape index (κ2) is 6.36. The van der Waals surface area contributed by atoms with Crippen LogP contribution in [0, 0.1) is 11.7 Å². The highest BCUT2D eigenvalue weighted by Crippen LogP contribution is 2.30. The van der Waals surface area contributed by atoms with E-state index in [0.717, 1.165) is 12.8 Å². The first-order valence-electron chi connectivity index (χ1n) is 8.08. The Morgan fingerprint density at radius 2 is 2.08 bits per heavy atom. The lowest BCUT2D eigenvalue weighted by Crippen LogP contribution is -2.46. The number of rotatable bonds is 3. The molecule has 1 aromatic carbocycles. The first-order chi connectivity index (χ1) is 11.4. The molecule has 2 aromatic rings. The number of carbonyl (C=O) groups excluding carboxylic acids is 1. The second-order valence-corrected chi connectivity index (χ2v) is 6.82. The lowest BCUT2D eigenvalue weighted by Gasteiger charge is -2.38. The Balaban J connectivity index is 1.83. The molecule has 6 heteroatoms. The molecule has 5 nitrogen and oxygen atoms in total. The molecule has 0 saturated carbocycles. The molecule has 1 N–H and O–H groups in total. The Morgan fingerprint density at radius 3 is 2.75 bits per heavy atom. The van der Waals surface area contributed by atoms with Crippen molar-refractivity contribution in [3.63, 3.8) is 0 Å². The van der Waals surface area contributed by atoms with Crippen molar-refractivity contribution >= 4 is 5.91 Å². The third-order valence-electron chi connectivity index (χ3n) is 4.61. The number of nitrogens with zero attached hydrogens (tertiary/aromatic N) is 2. The van der Waals surface area contributed by atoms with Gasteiger partial charge in [0.2, 0.25) is 0 Å². The zero-order valence-corrected chi connectivity index (χ0v) is 13.8. The third-order valence-corrected chi connectivity index (χ3v) is 4.61. The average molecular weight is 332 g/mol. The summed E-state index contributed by atoms with van der Waals surface area (Å²) in [6.07, 6.45) is 3.13. The van der Waals surface area contributed by atoms with Crippen LogP contribution in [0.3, 0.4) is 0 Å². The number of aliphatic hydroxyl groups is 1. The Hall–Kier alpha value is -2.21. The highest BCUT2D eigenvalue weighted by atomic mass is 19.1. The maximum absolute atomic E-state index is 13.1. The third kappa shape index (κ3) is 3.33.